The summed E-state index contributed by atoms with van der Waals surface area (Å²) >= 11 is 0. The highest BCUT2D eigenvalue weighted by Crippen LogP contribution is 2.13. The molecule has 2 heteroatoms. The van der Waals surface area contributed by atoms with Crippen molar-refractivity contribution in [2.75, 3.05) is 0 Å². The molecule has 0 amide bonds. The zero-order chi connectivity index (χ0) is 16.2. The van der Waals surface area contributed by atoms with Gasteiger partial charge in [-0.25, -0.2) is 9.13 Å². The molecule has 0 aromatic carbocycles. The van der Waals surface area contributed by atoms with Gasteiger partial charge in [-0.3, -0.25) is 0 Å². The fourth-order valence-corrected chi connectivity index (χ4v) is 3.29. The summed E-state index contributed by atoms with van der Waals surface area (Å²) in [7, 11) is 0. The standard InChI is InChI=1S/C20H39N2/c1-5-7-9-11-12-14-16-22-18-17-21(20(22)19(3)4)15-13-10-8-6-2/h17-19H,5-16H2,1-4H3/q+1. The number of nitrogens with zero attached hydrogens (tertiary/aromatic N) is 2. The fourth-order valence-electron chi connectivity index (χ4n) is 3.29. The minimum Gasteiger partial charge on any atom is -0.234 e. The molecule has 0 saturated heterocycles. The van der Waals surface area contributed by atoms with Crippen molar-refractivity contribution in [3.8, 4) is 0 Å². The maximum Gasteiger partial charge on any atom is 0.258 e. The van der Waals surface area contributed by atoms with Gasteiger partial charge in [-0.1, -0.05) is 66.2 Å². The van der Waals surface area contributed by atoms with Crippen LogP contribution in [0.15, 0.2) is 12.4 Å². The van der Waals surface area contributed by atoms with Gasteiger partial charge in [0, 0.05) is 0 Å². The Morgan fingerprint density at radius 2 is 1.45 bits per heavy atom. The normalized spacial score (nSPS) is 11.5. The van der Waals surface area contributed by atoms with Gasteiger partial charge in [0.2, 0.25) is 0 Å². The van der Waals surface area contributed by atoms with E-state index in [0.29, 0.717) is 5.92 Å². The molecule has 0 bridgehead atoms. The van der Waals surface area contributed by atoms with E-state index in [-0.39, 0.29) is 0 Å². The molecule has 0 atom stereocenters. The minimum atomic E-state index is 0.612. The highest BCUT2D eigenvalue weighted by molar-refractivity contribution is 4.89. The predicted octanol–water partition coefficient (Wildman–Crippen LogP) is 5.84. The number of aryl methyl sites for hydroxylation is 2. The fraction of sp³-hybridized carbons (Fsp3) is 0.850. The average molecular weight is 308 g/mol. The van der Waals surface area contributed by atoms with E-state index in [1.807, 2.05) is 0 Å². The van der Waals surface area contributed by atoms with E-state index in [1.54, 1.807) is 0 Å². The largest absolute Gasteiger partial charge is 0.258 e. The molecule has 0 saturated carbocycles. The molecule has 0 fully saturated rings. The quantitative estimate of drug-likeness (QED) is 0.320. The van der Waals surface area contributed by atoms with Crippen LogP contribution in [0.2, 0.25) is 0 Å². The first-order chi connectivity index (χ1) is 10.7. The maximum atomic E-state index is 2.50. The summed E-state index contributed by atoms with van der Waals surface area (Å²) in [5.74, 6) is 2.13. The van der Waals surface area contributed by atoms with E-state index in [4.69, 9.17) is 0 Å². The number of hydrogen-bond donors (Lipinski definition) is 0. The van der Waals surface area contributed by atoms with Crippen molar-refractivity contribution in [3.05, 3.63) is 18.2 Å². The molecule has 0 aliphatic heterocycles. The summed E-state index contributed by atoms with van der Waals surface area (Å²) < 4.78 is 5.00. The molecule has 128 valence electrons. The SMILES string of the molecule is CCCCCCCCn1cc[n+](CCCCCC)c1C(C)C. The summed E-state index contributed by atoms with van der Waals surface area (Å²) in [5, 5.41) is 0. The first-order valence-corrected chi connectivity index (χ1v) is 9.79. The van der Waals surface area contributed by atoms with Crippen LogP contribution in [-0.2, 0) is 13.1 Å². The summed E-state index contributed by atoms with van der Waals surface area (Å²) in [5.41, 5.74) is 0. The second-order valence-corrected chi connectivity index (χ2v) is 7.03. The van der Waals surface area contributed by atoms with Crippen molar-refractivity contribution in [1.29, 1.82) is 0 Å². The molecule has 0 unspecified atom stereocenters. The molecule has 22 heavy (non-hydrogen) atoms. The van der Waals surface area contributed by atoms with Crippen molar-refractivity contribution in [2.24, 2.45) is 0 Å². The van der Waals surface area contributed by atoms with Crippen LogP contribution in [0.4, 0.5) is 0 Å². The third-order valence-electron chi connectivity index (χ3n) is 4.54. The van der Waals surface area contributed by atoms with Gasteiger partial charge in [0.15, 0.2) is 0 Å². The van der Waals surface area contributed by atoms with Gasteiger partial charge in [0.25, 0.3) is 5.82 Å². The molecule has 0 spiro atoms. The molecule has 0 radical (unpaired) electrons. The molecular weight excluding hydrogens is 268 g/mol. The first-order valence-electron chi connectivity index (χ1n) is 9.79. The van der Waals surface area contributed by atoms with Gasteiger partial charge in [0.1, 0.15) is 12.4 Å². The van der Waals surface area contributed by atoms with Gasteiger partial charge in [-0.2, -0.15) is 0 Å². The average Bonchev–Trinajstić information content (AvgIpc) is 2.90. The molecule has 1 aromatic heterocycles. The topological polar surface area (TPSA) is 8.81 Å². The van der Waals surface area contributed by atoms with Crippen LogP contribution in [-0.4, -0.2) is 4.57 Å². The van der Waals surface area contributed by atoms with E-state index in [2.05, 4.69) is 49.2 Å². The summed E-state index contributed by atoms with van der Waals surface area (Å²) in [4.78, 5) is 0. The van der Waals surface area contributed by atoms with Gasteiger partial charge in [-0.05, 0) is 25.7 Å². The van der Waals surface area contributed by atoms with Crippen LogP contribution in [0.25, 0.3) is 0 Å². The lowest BCUT2D eigenvalue weighted by Gasteiger charge is -2.08. The Labute approximate surface area is 138 Å². The van der Waals surface area contributed by atoms with Gasteiger partial charge >= 0.3 is 0 Å². The van der Waals surface area contributed by atoms with Gasteiger partial charge in [0.05, 0.1) is 19.0 Å². The van der Waals surface area contributed by atoms with Crippen molar-refractivity contribution in [2.45, 2.75) is 111 Å². The van der Waals surface area contributed by atoms with E-state index in [1.165, 1.54) is 83.1 Å². The maximum absolute atomic E-state index is 2.50. The van der Waals surface area contributed by atoms with Crippen molar-refractivity contribution in [3.63, 3.8) is 0 Å². The summed E-state index contributed by atoms with van der Waals surface area (Å²) in [6.07, 6.45) is 18.3. The van der Waals surface area contributed by atoms with Gasteiger partial charge in [-0.15, -0.1) is 0 Å². The van der Waals surface area contributed by atoms with E-state index >= 15 is 0 Å². The Morgan fingerprint density at radius 3 is 2.09 bits per heavy atom. The lowest BCUT2D eigenvalue weighted by atomic mass is 10.1. The molecule has 0 N–H and O–H groups in total. The monoisotopic (exact) mass is 307 g/mol. The summed E-state index contributed by atoms with van der Waals surface area (Å²) in [6.45, 7) is 11.6. The highest BCUT2D eigenvalue weighted by atomic mass is 15.1. The Kier molecular flexibility index (Phi) is 10.3. The van der Waals surface area contributed by atoms with Crippen LogP contribution in [0.5, 0.6) is 0 Å². The number of rotatable bonds is 13. The predicted molar refractivity (Wildman–Crippen MR) is 96.2 cm³/mol. The Morgan fingerprint density at radius 1 is 0.864 bits per heavy atom. The molecule has 0 aliphatic rings. The molecule has 0 aliphatic carbocycles. The zero-order valence-electron chi connectivity index (χ0n) is 15.6. The Balaban J connectivity index is 2.43. The van der Waals surface area contributed by atoms with Crippen LogP contribution in [0, 0.1) is 0 Å². The number of unbranched alkanes of at least 4 members (excludes halogenated alkanes) is 8. The molecule has 1 rings (SSSR count). The molecular formula is C20H39N2+. The van der Waals surface area contributed by atoms with E-state index in [9.17, 15) is 0 Å². The number of imidazole rings is 1. The van der Waals surface area contributed by atoms with Gasteiger partial charge < -0.3 is 0 Å². The molecule has 1 heterocycles. The van der Waals surface area contributed by atoms with Crippen LogP contribution in [0.3, 0.4) is 0 Å². The van der Waals surface area contributed by atoms with Crippen LogP contribution >= 0.6 is 0 Å². The van der Waals surface area contributed by atoms with Crippen LogP contribution < -0.4 is 4.57 Å². The Hall–Kier alpha value is -0.790. The third kappa shape index (κ3) is 6.98. The Bertz CT molecular complexity index is 379. The zero-order valence-corrected chi connectivity index (χ0v) is 15.6. The van der Waals surface area contributed by atoms with Crippen molar-refractivity contribution >= 4 is 0 Å². The molecule has 1 aromatic rings. The molecule has 2 nitrogen and oxygen atoms in total. The van der Waals surface area contributed by atoms with E-state index < -0.39 is 0 Å². The van der Waals surface area contributed by atoms with Crippen molar-refractivity contribution < 1.29 is 4.57 Å². The summed E-state index contributed by atoms with van der Waals surface area (Å²) in [6, 6.07) is 0. The minimum absolute atomic E-state index is 0.612. The highest BCUT2D eigenvalue weighted by Gasteiger charge is 2.19. The van der Waals surface area contributed by atoms with E-state index in [0.717, 1.165) is 0 Å². The first kappa shape index (κ1) is 19.3. The second-order valence-electron chi connectivity index (χ2n) is 7.03. The smallest absolute Gasteiger partial charge is 0.234 e. The second kappa shape index (κ2) is 11.7. The van der Waals surface area contributed by atoms with Crippen molar-refractivity contribution in [1.82, 2.24) is 4.57 Å². The number of aromatic nitrogens is 2. The lowest BCUT2D eigenvalue weighted by molar-refractivity contribution is -0.705. The van der Waals surface area contributed by atoms with Crippen LogP contribution in [0.1, 0.15) is 104 Å². The lowest BCUT2D eigenvalue weighted by Crippen LogP contribution is -2.38. The number of hydrogen-bond acceptors (Lipinski definition) is 0. The third-order valence-corrected chi connectivity index (χ3v) is 4.54.